The van der Waals surface area contributed by atoms with E-state index in [9.17, 15) is 9.59 Å². The topological polar surface area (TPSA) is 85.7 Å². The van der Waals surface area contributed by atoms with E-state index in [1.165, 1.54) is 7.11 Å². The molecular formula is C23H23ClN4O4. The normalized spacial score (nSPS) is 15.7. The van der Waals surface area contributed by atoms with Crippen LogP contribution in [0.2, 0.25) is 5.02 Å². The minimum atomic E-state index is -0.526. The molecular weight excluding hydrogens is 432 g/mol. The van der Waals surface area contributed by atoms with Gasteiger partial charge in [0.05, 0.1) is 37.2 Å². The zero-order chi connectivity index (χ0) is 22.8. The van der Waals surface area contributed by atoms with Gasteiger partial charge in [-0.2, -0.15) is 5.10 Å². The number of hydrogen-bond acceptors (Lipinski definition) is 5. The summed E-state index contributed by atoms with van der Waals surface area (Å²) in [5.74, 6) is 0.709. The number of ether oxygens (including phenoxy) is 2. The number of carbonyl (C=O) groups is 2. The van der Waals surface area contributed by atoms with E-state index in [-0.39, 0.29) is 24.8 Å². The van der Waals surface area contributed by atoms with Gasteiger partial charge < -0.3 is 19.7 Å². The van der Waals surface area contributed by atoms with E-state index in [1.54, 1.807) is 53.1 Å². The van der Waals surface area contributed by atoms with Crippen molar-refractivity contribution in [1.29, 1.82) is 0 Å². The van der Waals surface area contributed by atoms with Crippen molar-refractivity contribution in [3.8, 4) is 17.2 Å². The molecule has 0 aliphatic carbocycles. The summed E-state index contributed by atoms with van der Waals surface area (Å²) in [5.41, 5.74) is 2.05. The third-order valence-corrected chi connectivity index (χ3v) is 5.54. The largest absolute Gasteiger partial charge is 0.497 e. The predicted octanol–water partition coefficient (Wildman–Crippen LogP) is 3.84. The lowest BCUT2D eigenvalue weighted by Crippen LogP contribution is -2.29. The van der Waals surface area contributed by atoms with Gasteiger partial charge in [-0.25, -0.2) is 4.68 Å². The molecule has 8 nitrogen and oxygen atoms in total. The van der Waals surface area contributed by atoms with E-state index in [2.05, 4.69) is 10.4 Å². The molecule has 0 saturated carbocycles. The molecule has 166 valence electrons. The van der Waals surface area contributed by atoms with Crippen LogP contribution in [0.1, 0.15) is 12.1 Å². The first-order valence-electron chi connectivity index (χ1n) is 10.1. The Bertz CT molecular complexity index is 1180. The first-order valence-corrected chi connectivity index (χ1v) is 10.4. The van der Waals surface area contributed by atoms with Gasteiger partial charge in [0.2, 0.25) is 11.8 Å². The summed E-state index contributed by atoms with van der Waals surface area (Å²) < 4.78 is 12.3. The second-order valence-corrected chi connectivity index (χ2v) is 7.93. The fourth-order valence-corrected chi connectivity index (χ4v) is 3.93. The molecule has 1 atom stereocenters. The Morgan fingerprint density at radius 1 is 1.16 bits per heavy atom. The highest BCUT2D eigenvalue weighted by Crippen LogP contribution is 2.36. The van der Waals surface area contributed by atoms with Crippen LogP contribution in [0.3, 0.4) is 0 Å². The van der Waals surface area contributed by atoms with Gasteiger partial charge in [-0.1, -0.05) is 17.7 Å². The molecule has 1 aliphatic heterocycles. The Morgan fingerprint density at radius 3 is 2.69 bits per heavy atom. The molecule has 9 heteroatoms. The maximum atomic E-state index is 13.1. The van der Waals surface area contributed by atoms with Crippen molar-refractivity contribution in [3.05, 3.63) is 59.2 Å². The number of amides is 2. The van der Waals surface area contributed by atoms with E-state index in [1.807, 2.05) is 19.1 Å². The molecule has 1 fully saturated rings. The van der Waals surface area contributed by atoms with Gasteiger partial charge in [-0.15, -0.1) is 0 Å². The average molecular weight is 455 g/mol. The molecule has 1 aromatic heterocycles. The van der Waals surface area contributed by atoms with Gasteiger partial charge in [-0.05, 0) is 37.3 Å². The Hall–Kier alpha value is -3.52. The maximum absolute atomic E-state index is 13.1. The van der Waals surface area contributed by atoms with E-state index >= 15 is 0 Å². The minimum absolute atomic E-state index is 0.0937. The number of aryl methyl sites for hydroxylation is 1. The molecule has 1 N–H and O–H groups in total. The molecule has 1 saturated heterocycles. The number of carbonyl (C=O) groups excluding carboxylic acids is 2. The number of methoxy groups -OCH3 is 2. The molecule has 1 unspecified atom stereocenters. The quantitative estimate of drug-likeness (QED) is 0.611. The van der Waals surface area contributed by atoms with Crippen molar-refractivity contribution in [3.63, 3.8) is 0 Å². The first-order chi connectivity index (χ1) is 15.4. The summed E-state index contributed by atoms with van der Waals surface area (Å²) in [6.07, 6.45) is 0.0937. The van der Waals surface area contributed by atoms with Crippen LogP contribution in [0.5, 0.6) is 11.5 Å². The number of nitrogens with zero attached hydrogens (tertiary/aromatic N) is 3. The number of rotatable bonds is 6. The van der Waals surface area contributed by atoms with Gasteiger partial charge in [-0.3, -0.25) is 9.59 Å². The van der Waals surface area contributed by atoms with Crippen LogP contribution >= 0.6 is 11.6 Å². The molecule has 1 aliphatic rings. The number of benzene rings is 2. The Kier molecular flexibility index (Phi) is 6.05. The fourth-order valence-electron chi connectivity index (χ4n) is 3.75. The summed E-state index contributed by atoms with van der Waals surface area (Å²) in [6.45, 7) is 2.07. The molecule has 0 spiro atoms. The molecule has 0 radical (unpaired) electrons. The minimum Gasteiger partial charge on any atom is -0.497 e. The maximum Gasteiger partial charge on any atom is 0.230 e. The fraction of sp³-hybridized carbons (Fsp3) is 0.261. The van der Waals surface area contributed by atoms with Crippen LogP contribution in [0.15, 0.2) is 48.5 Å². The zero-order valence-electron chi connectivity index (χ0n) is 18.0. The number of aromatic nitrogens is 2. The monoisotopic (exact) mass is 454 g/mol. The summed E-state index contributed by atoms with van der Waals surface area (Å²) in [6, 6.07) is 14.2. The highest BCUT2D eigenvalue weighted by Gasteiger charge is 2.37. The number of halogens is 1. The van der Waals surface area contributed by atoms with Crippen LogP contribution in [0.4, 0.5) is 11.5 Å². The number of anilines is 2. The molecule has 0 bridgehead atoms. The first kappa shape index (κ1) is 21.7. The zero-order valence-corrected chi connectivity index (χ0v) is 18.7. The molecule has 3 aromatic rings. The lowest BCUT2D eigenvalue weighted by Gasteiger charge is -2.20. The Labute approximate surface area is 190 Å². The van der Waals surface area contributed by atoms with Crippen LogP contribution in [0.25, 0.3) is 5.69 Å². The van der Waals surface area contributed by atoms with Crippen LogP contribution in [-0.2, 0) is 9.59 Å². The third kappa shape index (κ3) is 4.27. The number of nitrogens with one attached hydrogen (secondary N) is 1. The van der Waals surface area contributed by atoms with E-state index in [0.29, 0.717) is 28.0 Å². The summed E-state index contributed by atoms with van der Waals surface area (Å²) in [5, 5.41) is 7.94. The molecule has 2 aromatic carbocycles. The van der Waals surface area contributed by atoms with E-state index in [0.717, 1.165) is 11.4 Å². The summed E-state index contributed by atoms with van der Waals surface area (Å²) in [7, 11) is 3.09. The molecule has 32 heavy (non-hydrogen) atoms. The summed E-state index contributed by atoms with van der Waals surface area (Å²) in [4.78, 5) is 27.4. The van der Waals surface area contributed by atoms with Crippen molar-refractivity contribution in [2.75, 3.05) is 31.0 Å². The standard InChI is InChI=1S/C23H23ClN4O4/c1-14-9-21(28(26-14)17-6-4-5-16(24)11-17)25-23(30)15-10-22(29)27(13-15)19-12-18(31-2)7-8-20(19)32-3/h4-9,11-12,15H,10,13H2,1-3H3,(H,25,30). The van der Waals surface area contributed by atoms with Gasteiger partial charge in [0.15, 0.2) is 0 Å². The van der Waals surface area contributed by atoms with Gasteiger partial charge in [0, 0.05) is 30.1 Å². The highest BCUT2D eigenvalue weighted by molar-refractivity contribution is 6.30. The third-order valence-electron chi connectivity index (χ3n) is 5.31. The smallest absolute Gasteiger partial charge is 0.230 e. The van der Waals surface area contributed by atoms with Crippen molar-refractivity contribution in [2.24, 2.45) is 5.92 Å². The van der Waals surface area contributed by atoms with Crippen molar-refractivity contribution in [2.45, 2.75) is 13.3 Å². The Balaban J connectivity index is 1.55. The van der Waals surface area contributed by atoms with Gasteiger partial charge in [0.25, 0.3) is 0 Å². The second kappa shape index (κ2) is 8.92. The van der Waals surface area contributed by atoms with Crippen molar-refractivity contribution < 1.29 is 19.1 Å². The van der Waals surface area contributed by atoms with Crippen LogP contribution in [0, 0.1) is 12.8 Å². The predicted molar refractivity (Wildman–Crippen MR) is 122 cm³/mol. The second-order valence-electron chi connectivity index (χ2n) is 7.50. The van der Waals surface area contributed by atoms with Crippen LogP contribution in [-0.4, -0.2) is 42.4 Å². The highest BCUT2D eigenvalue weighted by atomic mass is 35.5. The molecule has 4 rings (SSSR count). The average Bonchev–Trinajstić information content (AvgIpc) is 3.35. The summed E-state index contributed by atoms with van der Waals surface area (Å²) >= 11 is 6.11. The van der Waals surface area contributed by atoms with Crippen molar-refractivity contribution >= 4 is 34.9 Å². The number of hydrogen-bond donors (Lipinski definition) is 1. The van der Waals surface area contributed by atoms with Crippen molar-refractivity contribution in [1.82, 2.24) is 9.78 Å². The van der Waals surface area contributed by atoms with Crippen LogP contribution < -0.4 is 19.7 Å². The lowest BCUT2D eigenvalue weighted by molar-refractivity contribution is -0.122. The lowest BCUT2D eigenvalue weighted by atomic mass is 10.1. The SMILES string of the molecule is COc1ccc(OC)c(N2CC(C(=O)Nc3cc(C)nn3-c3cccc(Cl)c3)CC2=O)c1. The molecule has 2 heterocycles. The van der Waals surface area contributed by atoms with E-state index in [4.69, 9.17) is 21.1 Å². The van der Waals surface area contributed by atoms with Gasteiger partial charge >= 0.3 is 0 Å². The van der Waals surface area contributed by atoms with Gasteiger partial charge in [0.1, 0.15) is 17.3 Å². The molecule has 2 amide bonds. The van der Waals surface area contributed by atoms with E-state index < -0.39 is 5.92 Å². The Morgan fingerprint density at radius 2 is 1.97 bits per heavy atom.